The maximum absolute atomic E-state index is 12.9. The minimum absolute atomic E-state index is 0.000746. The van der Waals surface area contributed by atoms with Gasteiger partial charge in [0.1, 0.15) is 0 Å². The van der Waals surface area contributed by atoms with E-state index < -0.39 is 0 Å². The monoisotopic (exact) mass is 282 g/mol. The second-order valence-corrected chi connectivity index (χ2v) is 7.95. The van der Waals surface area contributed by atoms with Crippen LogP contribution in [-0.2, 0) is 9.59 Å². The summed E-state index contributed by atoms with van der Waals surface area (Å²) in [6.45, 7) is 15.4. The molecule has 1 rings (SSSR count). The molecule has 0 aromatic rings. The third kappa shape index (κ3) is 3.60. The van der Waals surface area contributed by atoms with Crippen LogP contribution in [0.25, 0.3) is 0 Å². The highest BCUT2D eigenvalue weighted by Crippen LogP contribution is 2.38. The van der Waals surface area contributed by atoms with Crippen LogP contribution >= 0.6 is 0 Å². The second kappa shape index (κ2) is 5.84. The molecule has 1 fully saturated rings. The number of imide groups is 1. The van der Waals surface area contributed by atoms with Gasteiger partial charge in [0.05, 0.1) is 12.5 Å². The van der Waals surface area contributed by atoms with E-state index in [4.69, 9.17) is 0 Å². The highest BCUT2D eigenvalue weighted by atomic mass is 16.2. The summed E-state index contributed by atoms with van der Waals surface area (Å²) in [5.41, 5.74) is -0.255. The minimum Gasteiger partial charge on any atom is -0.304 e. The van der Waals surface area contributed by atoms with E-state index in [1.807, 2.05) is 6.92 Å². The number of nitrogens with zero attached hydrogens (tertiary/aromatic N) is 1. The highest BCUT2D eigenvalue weighted by Gasteiger charge is 2.47. The Morgan fingerprint density at radius 2 is 1.65 bits per heavy atom. The summed E-state index contributed by atoms with van der Waals surface area (Å²) in [6, 6.07) is 0.000746. The molecule has 0 spiro atoms. The van der Waals surface area contributed by atoms with Crippen LogP contribution in [0.4, 0.5) is 0 Å². The van der Waals surface area contributed by atoms with Gasteiger partial charge in [-0.3, -0.25) is 14.5 Å². The summed E-state index contributed by atoms with van der Waals surface area (Å²) in [5, 5.41) is 3.33. The normalized spacial score (nSPS) is 25.9. The summed E-state index contributed by atoms with van der Waals surface area (Å²) >= 11 is 0. The Morgan fingerprint density at radius 1 is 1.10 bits per heavy atom. The molecule has 1 heterocycles. The van der Waals surface area contributed by atoms with Gasteiger partial charge in [-0.1, -0.05) is 48.5 Å². The van der Waals surface area contributed by atoms with Gasteiger partial charge >= 0.3 is 0 Å². The third-order valence-corrected chi connectivity index (χ3v) is 3.95. The predicted molar refractivity (Wildman–Crippen MR) is 81.2 cm³/mol. The maximum atomic E-state index is 12.9. The van der Waals surface area contributed by atoms with Crippen molar-refractivity contribution in [3.8, 4) is 0 Å². The van der Waals surface area contributed by atoms with Crippen LogP contribution in [0.1, 0.15) is 54.9 Å². The van der Waals surface area contributed by atoms with E-state index in [9.17, 15) is 9.59 Å². The molecule has 0 bridgehead atoms. The lowest BCUT2D eigenvalue weighted by atomic mass is 9.68. The molecule has 4 heteroatoms. The maximum Gasteiger partial charge on any atom is 0.243 e. The Hall–Kier alpha value is -0.900. The highest BCUT2D eigenvalue weighted by molar-refractivity contribution is 5.98. The summed E-state index contributed by atoms with van der Waals surface area (Å²) < 4.78 is 0. The minimum atomic E-state index is -0.194. The molecule has 1 saturated heterocycles. The average Bonchev–Trinajstić information content (AvgIpc) is 2.38. The number of carbonyl (C=O) groups is 2. The molecule has 0 aromatic heterocycles. The van der Waals surface area contributed by atoms with E-state index in [2.05, 4.69) is 46.9 Å². The fraction of sp³-hybridized carbons (Fsp3) is 0.875. The van der Waals surface area contributed by atoms with Crippen molar-refractivity contribution in [2.45, 2.75) is 60.9 Å². The lowest BCUT2D eigenvalue weighted by Gasteiger charge is -2.42. The van der Waals surface area contributed by atoms with Gasteiger partial charge in [0.25, 0.3) is 0 Å². The van der Waals surface area contributed by atoms with E-state index in [0.717, 1.165) is 6.42 Å². The Bertz CT molecular complexity index is 377. The van der Waals surface area contributed by atoms with E-state index in [1.54, 1.807) is 0 Å². The fourth-order valence-corrected chi connectivity index (χ4v) is 2.98. The lowest BCUT2D eigenvalue weighted by molar-refractivity contribution is -0.148. The van der Waals surface area contributed by atoms with Gasteiger partial charge in [0, 0.05) is 12.6 Å². The number of hydrogen-bond acceptors (Lipinski definition) is 3. The SMILES string of the molecule is CCCN1C(=O)CNC(C(C)(C)C)C(C(C)(C)C)C1=O. The molecule has 4 nitrogen and oxygen atoms in total. The summed E-state index contributed by atoms with van der Waals surface area (Å²) in [7, 11) is 0. The first kappa shape index (κ1) is 17.2. The first-order valence-corrected chi connectivity index (χ1v) is 7.57. The topological polar surface area (TPSA) is 49.4 Å². The first-order chi connectivity index (χ1) is 9.00. The molecule has 0 aliphatic carbocycles. The van der Waals surface area contributed by atoms with Gasteiger partial charge in [-0.15, -0.1) is 0 Å². The van der Waals surface area contributed by atoms with Crippen LogP contribution in [0.2, 0.25) is 0 Å². The zero-order valence-electron chi connectivity index (χ0n) is 14.0. The standard InChI is InChI=1S/C16H30N2O2/c1-8-9-18-11(19)10-17-13(16(5,6)7)12(14(18)20)15(2,3)4/h12-13,17H,8-10H2,1-7H3. The average molecular weight is 282 g/mol. The van der Waals surface area contributed by atoms with Gasteiger partial charge in [0.2, 0.25) is 11.8 Å². The number of nitrogens with one attached hydrogen (secondary N) is 1. The van der Waals surface area contributed by atoms with E-state index in [-0.39, 0.29) is 41.1 Å². The second-order valence-electron chi connectivity index (χ2n) is 7.95. The smallest absolute Gasteiger partial charge is 0.243 e. The molecule has 2 amide bonds. The van der Waals surface area contributed by atoms with Gasteiger partial charge < -0.3 is 5.32 Å². The van der Waals surface area contributed by atoms with Gasteiger partial charge in [-0.2, -0.15) is 0 Å². The van der Waals surface area contributed by atoms with Crippen LogP contribution in [0.15, 0.2) is 0 Å². The summed E-state index contributed by atoms with van der Waals surface area (Å²) in [5.74, 6) is -0.312. The van der Waals surface area contributed by atoms with Crippen molar-refractivity contribution in [1.29, 1.82) is 0 Å². The molecule has 0 radical (unpaired) electrons. The van der Waals surface area contributed by atoms with Crippen molar-refractivity contribution in [3.63, 3.8) is 0 Å². The molecular formula is C16H30N2O2. The number of hydrogen-bond donors (Lipinski definition) is 1. The van der Waals surface area contributed by atoms with E-state index >= 15 is 0 Å². The van der Waals surface area contributed by atoms with Crippen molar-refractivity contribution >= 4 is 11.8 Å². The van der Waals surface area contributed by atoms with E-state index in [0.29, 0.717) is 6.54 Å². The number of amides is 2. The van der Waals surface area contributed by atoms with Crippen LogP contribution in [-0.4, -0.2) is 35.8 Å². The van der Waals surface area contributed by atoms with Crippen LogP contribution in [0.5, 0.6) is 0 Å². The molecule has 1 aliphatic rings. The molecule has 0 aromatic carbocycles. The Balaban J connectivity index is 3.24. The van der Waals surface area contributed by atoms with Gasteiger partial charge in [-0.25, -0.2) is 0 Å². The van der Waals surface area contributed by atoms with Crippen molar-refractivity contribution in [2.75, 3.05) is 13.1 Å². The molecule has 0 saturated carbocycles. The molecule has 116 valence electrons. The molecule has 1 N–H and O–H groups in total. The van der Waals surface area contributed by atoms with Crippen molar-refractivity contribution in [2.24, 2.45) is 16.7 Å². The van der Waals surface area contributed by atoms with Crippen molar-refractivity contribution in [3.05, 3.63) is 0 Å². The van der Waals surface area contributed by atoms with Gasteiger partial charge in [0.15, 0.2) is 0 Å². The Labute approximate surface area is 123 Å². The zero-order valence-corrected chi connectivity index (χ0v) is 14.0. The molecular weight excluding hydrogens is 252 g/mol. The molecule has 1 aliphatic heterocycles. The van der Waals surface area contributed by atoms with Crippen LogP contribution in [0, 0.1) is 16.7 Å². The summed E-state index contributed by atoms with van der Waals surface area (Å²) in [4.78, 5) is 26.6. The third-order valence-electron chi connectivity index (χ3n) is 3.95. The summed E-state index contributed by atoms with van der Waals surface area (Å²) in [6.07, 6.45) is 0.800. The Kier molecular flexibility index (Phi) is 5.01. The quantitative estimate of drug-likeness (QED) is 0.791. The molecule has 2 atom stereocenters. The zero-order chi connectivity index (χ0) is 15.7. The van der Waals surface area contributed by atoms with Crippen molar-refractivity contribution in [1.82, 2.24) is 10.2 Å². The predicted octanol–water partition coefficient (Wildman–Crippen LogP) is 2.43. The number of rotatable bonds is 2. The Morgan fingerprint density at radius 3 is 2.05 bits per heavy atom. The fourth-order valence-electron chi connectivity index (χ4n) is 2.98. The number of carbonyl (C=O) groups excluding carboxylic acids is 2. The van der Waals surface area contributed by atoms with E-state index in [1.165, 1.54) is 4.90 Å². The largest absolute Gasteiger partial charge is 0.304 e. The first-order valence-electron chi connectivity index (χ1n) is 7.57. The van der Waals surface area contributed by atoms with Crippen molar-refractivity contribution < 1.29 is 9.59 Å². The van der Waals surface area contributed by atoms with Crippen LogP contribution < -0.4 is 5.32 Å². The molecule has 20 heavy (non-hydrogen) atoms. The van der Waals surface area contributed by atoms with Crippen LogP contribution in [0.3, 0.4) is 0 Å². The van der Waals surface area contributed by atoms with Gasteiger partial charge in [-0.05, 0) is 17.3 Å². The lowest BCUT2D eigenvalue weighted by Crippen LogP contribution is -2.53. The molecule has 2 unspecified atom stereocenters.